The van der Waals surface area contributed by atoms with Gasteiger partial charge in [-0.05, 0) is 12.1 Å². The van der Waals surface area contributed by atoms with E-state index in [4.69, 9.17) is 9.15 Å². The molecule has 0 atom stereocenters. The van der Waals surface area contributed by atoms with E-state index in [1.54, 1.807) is 29.0 Å². The van der Waals surface area contributed by atoms with E-state index in [2.05, 4.69) is 0 Å². The van der Waals surface area contributed by atoms with Crippen LogP contribution in [0.4, 0.5) is 0 Å². The molecule has 0 aromatic carbocycles. The Hall–Kier alpha value is -3.03. The minimum Gasteiger partial charge on any atom is -0.496 e. The summed E-state index contributed by atoms with van der Waals surface area (Å²) in [5.74, 6) is 0.135. The molecule has 3 rings (SSSR count). The highest BCUT2D eigenvalue weighted by Gasteiger charge is 2.28. The Morgan fingerprint density at radius 1 is 1.12 bits per heavy atom. The van der Waals surface area contributed by atoms with E-state index in [9.17, 15) is 14.4 Å². The van der Waals surface area contributed by atoms with Gasteiger partial charge in [-0.1, -0.05) is 0 Å². The van der Waals surface area contributed by atoms with Crippen LogP contribution in [0.1, 0.15) is 20.9 Å². The molecule has 3 heterocycles. The van der Waals surface area contributed by atoms with Gasteiger partial charge in [-0.25, -0.2) is 0 Å². The summed E-state index contributed by atoms with van der Waals surface area (Å²) in [7, 11) is 3.00. The minimum absolute atomic E-state index is 0.184. The molecule has 25 heavy (non-hydrogen) atoms. The molecule has 1 aliphatic rings. The van der Waals surface area contributed by atoms with Crippen LogP contribution in [0.15, 0.2) is 39.9 Å². The van der Waals surface area contributed by atoms with Gasteiger partial charge in [0.15, 0.2) is 5.76 Å². The van der Waals surface area contributed by atoms with Gasteiger partial charge >= 0.3 is 0 Å². The molecule has 0 unspecified atom stereocenters. The van der Waals surface area contributed by atoms with Crippen LogP contribution in [0.3, 0.4) is 0 Å². The van der Waals surface area contributed by atoms with Crippen molar-refractivity contribution in [3.05, 3.63) is 52.3 Å². The van der Waals surface area contributed by atoms with Gasteiger partial charge < -0.3 is 23.5 Å². The molecule has 0 radical (unpaired) electrons. The lowest BCUT2D eigenvalue weighted by Crippen LogP contribution is -2.50. The number of pyridine rings is 1. The first-order chi connectivity index (χ1) is 12.0. The molecule has 132 valence electrons. The van der Waals surface area contributed by atoms with Crippen LogP contribution in [0.5, 0.6) is 5.75 Å². The third kappa shape index (κ3) is 3.28. The van der Waals surface area contributed by atoms with Crippen molar-refractivity contribution in [1.29, 1.82) is 0 Å². The van der Waals surface area contributed by atoms with Gasteiger partial charge in [-0.15, -0.1) is 0 Å². The Morgan fingerprint density at radius 3 is 2.32 bits per heavy atom. The van der Waals surface area contributed by atoms with Gasteiger partial charge in [0.1, 0.15) is 5.75 Å². The molecule has 0 aliphatic carbocycles. The second-order valence-electron chi connectivity index (χ2n) is 5.77. The molecule has 1 aliphatic heterocycles. The number of nitrogens with zero attached hydrogens (tertiary/aromatic N) is 3. The van der Waals surface area contributed by atoms with E-state index in [0.717, 1.165) is 0 Å². The van der Waals surface area contributed by atoms with Crippen molar-refractivity contribution in [2.45, 2.75) is 0 Å². The Bertz CT molecular complexity index is 832. The van der Waals surface area contributed by atoms with Crippen molar-refractivity contribution >= 4 is 11.8 Å². The summed E-state index contributed by atoms with van der Waals surface area (Å²) in [4.78, 5) is 40.0. The second-order valence-corrected chi connectivity index (χ2v) is 5.77. The van der Waals surface area contributed by atoms with Crippen LogP contribution >= 0.6 is 0 Å². The predicted molar refractivity (Wildman–Crippen MR) is 88.8 cm³/mol. The first-order valence-electron chi connectivity index (χ1n) is 7.88. The Kier molecular flexibility index (Phi) is 4.60. The fraction of sp³-hybridized carbons (Fsp3) is 0.353. The number of carbonyl (C=O) groups is 2. The lowest BCUT2D eigenvalue weighted by atomic mass is 10.2. The second kappa shape index (κ2) is 6.84. The number of piperazine rings is 1. The summed E-state index contributed by atoms with van der Waals surface area (Å²) in [6.45, 7) is 1.63. The molecule has 0 saturated carbocycles. The zero-order valence-electron chi connectivity index (χ0n) is 14.1. The number of ether oxygens (including phenoxy) is 1. The van der Waals surface area contributed by atoms with E-state index in [1.165, 1.54) is 30.2 Å². The molecule has 1 saturated heterocycles. The molecule has 0 spiro atoms. The summed E-state index contributed by atoms with van der Waals surface area (Å²) in [5.41, 5.74) is 0.0812. The highest BCUT2D eigenvalue weighted by atomic mass is 16.5. The number of aromatic nitrogens is 1. The van der Waals surface area contributed by atoms with Crippen molar-refractivity contribution in [2.24, 2.45) is 7.05 Å². The van der Waals surface area contributed by atoms with Crippen LogP contribution < -0.4 is 10.3 Å². The largest absolute Gasteiger partial charge is 0.496 e. The average Bonchev–Trinajstić information content (AvgIpc) is 3.17. The molecule has 1 fully saturated rings. The predicted octanol–water partition coefficient (Wildman–Crippen LogP) is 0.585. The van der Waals surface area contributed by atoms with Crippen LogP contribution in [0.2, 0.25) is 0 Å². The molecule has 0 bridgehead atoms. The monoisotopic (exact) mass is 345 g/mol. The minimum atomic E-state index is -0.248. The van der Waals surface area contributed by atoms with Crippen LogP contribution in [0.25, 0.3) is 0 Å². The summed E-state index contributed by atoms with van der Waals surface area (Å²) in [6.07, 6.45) is 2.93. The highest BCUT2D eigenvalue weighted by Crippen LogP contribution is 2.19. The van der Waals surface area contributed by atoms with Crippen molar-refractivity contribution in [1.82, 2.24) is 14.4 Å². The Morgan fingerprint density at radius 2 is 1.76 bits per heavy atom. The fourth-order valence-corrected chi connectivity index (χ4v) is 2.78. The molecule has 2 aromatic rings. The number of amides is 2. The third-order valence-corrected chi connectivity index (χ3v) is 4.23. The van der Waals surface area contributed by atoms with Crippen LogP contribution in [-0.4, -0.2) is 59.5 Å². The third-order valence-electron chi connectivity index (χ3n) is 4.23. The van der Waals surface area contributed by atoms with Gasteiger partial charge in [0.05, 0.1) is 18.9 Å². The number of hydrogen-bond acceptors (Lipinski definition) is 5. The molecule has 0 N–H and O–H groups in total. The first-order valence-corrected chi connectivity index (χ1v) is 7.88. The van der Waals surface area contributed by atoms with Crippen molar-refractivity contribution in [3.63, 3.8) is 0 Å². The lowest BCUT2D eigenvalue weighted by molar-refractivity contribution is 0.0516. The van der Waals surface area contributed by atoms with Gasteiger partial charge in [-0.2, -0.15) is 0 Å². The maximum atomic E-state index is 12.8. The van der Waals surface area contributed by atoms with E-state index in [1.807, 2.05) is 0 Å². The van der Waals surface area contributed by atoms with E-state index < -0.39 is 0 Å². The molecule has 8 heteroatoms. The lowest BCUT2D eigenvalue weighted by Gasteiger charge is -2.34. The zero-order chi connectivity index (χ0) is 18.0. The standard InChI is InChI=1S/C17H19N3O5/c1-18-11-12(14(24-2)10-15(18)21)16(22)19-5-7-20(8-6-19)17(23)13-4-3-9-25-13/h3-4,9-11H,5-8H2,1-2H3. The number of methoxy groups -OCH3 is 1. The maximum absolute atomic E-state index is 12.8. The maximum Gasteiger partial charge on any atom is 0.289 e. The van der Waals surface area contributed by atoms with E-state index >= 15 is 0 Å². The topological polar surface area (TPSA) is 85.0 Å². The molecular weight excluding hydrogens is 326 g/mol. The Balaban J connectivity index is 1.71. The number of carbonyl (C=O) groups excluding carboxylic acids is 2. The van der Waals surface area contributed by atoms with Crippen molar-refractivity contribution < 1.29 is 18.7 Å². The SMILES string of the molecule is COc1cc(=O)n(C)cc1C(=O)N1CCN(C(=O)c2ccco2)CC1. The summed E-state index contributed by atoms with van der Waals surface area (Å²) >= 11 is 0. The normalized spacial score (nSPS) is 14.5. The Labute approximate surface area is 144 Å². The summed E-state index contributed by atoms with van der Waals surface area (Å²) in [6, 6.07) is 4.58. The van der Waals surface area contributed by atoms with Crippen molar-refractivity contribution in [2.75, 3.05) is 33.3 Å². The summed E-state index contributed by atoms with van der Waals surface area (Å²) in [5, 5.41) is 0. The number of furan rings is 1. The summed E-state index contributed by atoms with van der Waals surface area (Å²) < 4.78 is 11.6. The number of hydrogen-bond donors (Lipinski definition) is 0. The van der Waals surface area contributed by atoms with Crippen LogP contribution in [-0.2, 0) is 7.05 Å². The van der Waals surface area contributed by atoms with Gasteiger partial charge in [0, 0.05) is 45.5 Å². The van der Waals surface area contributed by atoms with E-state index in [-0.39, 0.29) is 23.1 Å². The molecule has 2 amide bonds. The highest BCUT2D eigenvalue weighted by molar-refractivity contribution is 5.97. The number of rotatable bonds is 3. The molecule has 2 aromatic heterocycles. The molecular formula is C17H19N3O5. The zero-order valence-corrected chi connectivity index (χ0v) is 14.1. The van der Waals surface area contributed by atoms with Gasteiger partial charge in [0.25, 0.3) is 17.4 Å². The van der Waals surface area contributed by atoms with Gasteiger partial charge in [0.2, 0.25) is 0 Å². The van der Waals surface area contributed by atoms with E-state index in [0.29, 0.717) is 37.5 Å². The molecule has 8 nitrogen and oxygen atoms in total. The van der Waals surface area contributed by atoms with Gasteiger partial charge in [-0.3, -0.25) is 14.4 Å². The smallest absolute Gasteiger partial charge is 0.289 e. The first kappa shape index (κ1) is 16.8. The van der Waals surface area contributed by atoms with Crippen molar-refractivity contribution in [3.8, 4) is 5.75 Å². The average molecular weight is 345 g/mol. The fourth-order valence-electron chi connectivity index (χ4n) is 2.78. The van der Waals surface area contributed by atoms with Crippen LogP contribution in [0, 0.1) is 0 Å². The quantitative estimate of drug-likeness (QED) is 0.813. The number of aryl methyl sites for hydroxylation is 1.